The van der Waals surface area contributed by atoms with Crippen LogP contribution in [0.3, 0.4) is 0 Å². The Morgan fingerprint density at radius 2 is 1.31 bits per heavy atom. The second-order valence-electron chi connectivity index (χ2n) is 9.46. The van der Waals surface area contributed by atoms with Crippen LogP contribution in [0, 0.1) is 0 Å². The van der Waals surface area contributed by atoms with E-state index >= 15 is 0 Å². The molecule has 178 valence electrons. The number of hydrogen-bond donors (Lipinski definition) is 0. The molecular weight excluding hydrogens is 509 g/mol. The third kappa shape index (κ3) is 3.37. The van der Waals surface area contributed by atoms with Crippen LogP contribution in [0.15, 0.2) is 84.0 Å². The van der Waals surface area contributed by atoms with E-state index in [1.807, 2.05) is 17.4 Å². The topological polar surface area (TPSA) is 18.8 Å². The van der Waals surface area contributed by atoms with E-state index in [2.05, 4.69) is 77.8 Å². The first-order chi connectivity index (χ1) is 17.5. The number of alkyl halides is 3. The first-order valence-electron chi connectivity index (χ1n) is 12.1. The number of anilines is 2. The lowest BCUT2D eigenvalue weighted by atomic mass is 10.0. The van der Waals surface area contributed by atoms with Gasteiger partial charge in [0, 0.05) is 37.6 Å². The van der Waals surface area contributed by atoms with E-state index in [-0.39, 0.29) is 0 Å². The van der Waals surface area contributed by atoms with E-state index in [4.69, 9.17) is 39.9 Å². The number of hydrazone groups is 1. The molecule has 7 rings (SSSR count). The fraction of sp³-hybridized carbons (Fsp3) is 0.167. The van der Waals surface area contributed by atoms with Crippen molar-refractivity contribution in [2.24, 2.45) is 5.10 Å². The molecule has 4 aromatic carbocycles. The van der Waals surface area contributed by atoms with E-state index < -0.39 is 3.79 Å². The van der Waals surface area contributed by atoms with Gasteiger partial charge in [0.05, 0.1) is 11.4 Å². The van der Waals surface area contributed by atoms with Crippen LogP contribution in [-0.2, 0) is 16.6 Å². The number of rotatable bonds is 2. The van der Waals surface area contributed by atoms with Crippen molar-refractivity contribution >= 4 is 52.4 Å². The molecule has 0 unspecified atom stereocenters. The summed E-state index contributed by atoms with van der Waals surface area (Å²) in [6.07, 6.45) is 4.46. The van der Waals surface area contributed by atoms with Gasteiger partial charge < -0.3 is 0 Å². The second-order valence-corrected chi connectivity index (χ2v) is 11.7. The summed E-state index contributed by atoms with van der Waals surface area (Å²) in [4.78, 5) is 0. The number of halogens is 3. The van der Waals surface area contributed by atoms with E-state index in [9.17, 15) is 0 Å². The standard InChI is InChI=1S/C30H22Cl3N3/c31-30(32,33)27-14-13-24-22-10-4-2-8-20(22)18-26(24)29(27)36-34-15-6-16-35(36)28-12-5-11-23-21-9-3-1-7-19(21)17-25(23)28/h1-5,7-15H,6,16-18H2. The molecule has 0 fully saturated rings. The molecule has 0 saturated carbocycles. The zero-order valence-corrected chi connectivity index (χ0v) is 21.7. The van der Waals surface area contributed by atoms with Crippen LogP contribution < -0.4 is 10.1 Å². The van der Waals surface area contributed by atoms with Crippen LogP contribution in [0.2, 0.25) is 0 Å². The van der Waals surface area contributed by atoms with Crippen molar-refractivity contribution in [3.8, 4) is 22.3 Å². The molecule has 3 aliphatic rings. The zero-order chi connectivity index (χ0) is 24.4. The molecule has 2 aliphatic carbocycles. The summed E-state index contributed by atoms with van der Waals surface area (Å²) >= 11 is 19.7. The van der Waals surface area contributed by atoms with E-state index in [1.165, 1.54) is 38.9 Å². The Hall–Kier alpha value is -2.98. The maximum absolute atomic E-state index is 6.58. The Morgan fingerprint density at radius 1 is 0.667 bits per heavy atom. The number of hydrogen-bond acceptors (Lipinski definition) is 3. The molecule has 0 amide bonds. The quantitative estimate of drug-likeness (QED) is 0.210. The summed E-state index contributed by atoms with van der Waals surface area (Å²) in [6, 6.07) is 27.7. The summed E-state index contributed by atoms with van der Waals surface area (Å²) in [5, 5.41) is 9.13. The molecule has 0 bridgehead atoms. The molecule has 6 heteroatoms. The average molecular weight is 531 g/mol. The van der Waals surface area contributed by atoms with Crippen LogP contribution in [0.4, 0.5) is 11.4 Å². The van der Waals surface area contributed by atoms with Gasteiger partial charge in [-0.2, -0.15) is 10.2 Å². The van der Waals surface area contributed by atoms with Gasteiger partial charge in [-0.25, -0.2) is 0 Å². The lowest BCUT2D eigenvalue weighted by Gasteiger charge is -2.40. The van der Waals surface area contributed by atoms with Crippen LogP contribution in [-0.4, -0.2) is 12.8 Å². The number of hydrazine groups is 1. The lowest BCUT2D eigenvalue weighted by Crippen LogP contribution is -2.44. The summed E-state index contributed by atoms with van der Waals surface area (Å²) in [5.41, 5.74) is 12.7. The van der Waals surface area contributed by atoms with Gasteiger partial charge in [-0.3, -0.25) is 5.01 Å². The van der Waals surface area contributed by atoms with Gasteiger partial charge in [-0.15, -0.1) is 0 Å². The maximum Gasteiger partial charge on any atom is 0.218 e. The van der Waals surface area contributed by atoms with Gasteiger partial charge in [0.1, 0.15) is 0 Å². The Kier molecular flexibility index (Phi) is 5.11. The molecule has 1 heterocycles. The molecule has 0 aromatic heterocycles. The van der Waals surface area contributed by atoms with Gasteiger partial charge >= 0.3 is 0 Å². The molecule has 3 nitrogen and oxygen atoms in total. The first kappa shape index (κ1) is 22.2. The number of fused-ring (bicyclic) bond motifs is 6. The molecule has 0 spiro atoms. The highest BCUT2D eigenvalue weighted by molar-refractivity contribution is 6.67. The van der Waals surface area contributed by atoms with Crippen molar-refractivity contribution in [1.29, 1.82) is 0 Å². The van der Waals surface area contributed by atoms with Gasteiger partial charge in [0.15, 0.2) is 0 Å². The lowest BCUT2D eigenvalue weighted by molar-refractivity contribution is 0.715. The van der Waals surface area contributed by atoms with Gasteiger partial charge in [-0.1, -0.05) is 108 Å². The Labute approximate surface area is 225 Å². The maximum atomic E-state index is 6.58. The molecule has 1 aliphatic heterocycles. The van der Waals surface area contributed by atoms with Crippen LogP contribution in [0.1, 0.15) is 34.2 Å². The third-order valence-corrected chi connectivity index (χ3v) is 8.07. The first-order valence-corrected chi connectivity index (χ1v) is 13.3. The van der Waals surface area contributed by atoms with Gasteiger partial charge in [0.2, 0.25) is 3.79 Å². The Balaban J connectivity index is 1.42. The highest BCUT2D eigenvalue weighted by atomic mass is 35.6. The third-order valence-electron chi connectivity index (χ3n) is 7.46. The second kappa shape index (κ2) is 8.27. The van der Waals surface area contributed by atoms with Crippen molar-refractivity contribution < 1.29 is 0 Å². The summed E-state index contributed by atoms with van der Waals surface area (Å²) in [5.74, 6) is 0. The average Bonchev–Trinajstić information content (AvgIpc) is 3.46. The van der Waals surface area contributed by atoms with Crippen LogP contribution in [0.25, 0.3) is 22.3 Å². The van der Waals surface area contributed by atoms with Gasteiger partial charge in [0.25, 0.3) is 0 Å². The highest BCUT2D eigenvalue weighted by Gasteiger charge is 2.37. The monoisotopic (exact) mass is 529 g/mol. The fourth-order valence-electron chi connectivity index (χ4n) is 5.91. The smallest absolute Gasteiger partial charge is 0.218 e. The minimum atomic E-state index is -1.59. The van der Waals surface area contributed by atoms with E-state index in [0.29, 0.717) is 5.56 Å². The SMILES string of the molecule is ClC(Cl)(Cl)c1ccc2c(c1N1N=CCCN1c1cccc3c1Cc1ccccc1-3)Cc1ccccc1-2. The molecule has 4 aromatic rings. The van der Waals surface area contributed by atoms with Crippen molar-refractivity contribution in [2.75, 3.05) is 16.7 Å². The van der Waals surface area contributed by atoms with Crippen molar-refractivity contribution in [1.82, 2.24) is 0 Å². The van der Waals surface area contributed by atoms with Crippen LogP contribution in [0.5, 0.6) is 0 Å². The predicted molar refractivity (Wildman–Crippen MR) is 152 cm³/mol. The van der Waals surface area contributed by atoms with Crippen molar-refractivity contribution in [3.05, 3.63) is 107 Å². The fourth-order valence-corrected chi connectivity index (χ4v) is 6.37. The number of benzene rings is 4. The number of nitrogens with zero attached hydrogens (tertiary/aromatic N) is 3. The zero-order valence-electron chi connectivity index (χ0n) is 19.4. The summed E-state index contributed by atoms with van der Waals surface area (Å²) < 4.78 is -1.59. The predicted octanol–water partition coefficient (Wildman–Crippen LogP) is 8.27. The van der Waals surface area contributed by atoms with E-state index in [0.717, 1.165) is 42.7 Å². The van der Waals surface area contributed by atoms with E-state index in [1.54, 1.807) is 0 Å². The van der Waals surface area contributed by atoms with Crippen molar-refractivity contribution in [2.45, 2.75) is 23.1 Å². The highest BCUT2D eigenvalue weighted by Crippen LogP contribution is 2.51. The van der Waals surface area contributed by atoms with Gasteiger partial charge in [-0.05, 0) is 50.6 Å². The molecule has 0 atom stereocenters. The van der Waals surface area contributed by atoms with Crippen molar-refractivity contribution in [3.63, 3.8) is 0 Å². The summed E-state index contributed by atoms with van der Waals surface area (Å²) in [7, 11) is 0. The Morgan fingerprint density at radius 3 is 2.03 bits per heavy atom. The normalized spacial score (nSPS) is 15.5. The molecule has 0 radical (unpaired) electrons. The molecule has 0 N–H and O–H groups in total. The molecular formula is C30H22Cl3N3. The molecule has 0 saturated heterocycles. The minimum Gasteiger partial charge on any atom is -0.264 e. The molecule has 36 heavy (non-hydrogen) atoms. The largest absolute Gasteiger partial charge is 0.264 e. The summed E-state index contributed by atoms with van der Waals surface area (Å²) in [6.45, 7) is 0.784. The Bertz CT molecular complexity index is 1550. The minimum absolute atomic E-state index is 0.638. The van der Waals surface area contributed by atoms with Crippen LogP contribution >= 0.6 is 34.8 Å².